The van der Waals surface area contributed by atoms with E-state index in [2.05, 4.69) is 10.9 Å². The molecule has 7 heteroatoms. The number of carbonyl (C=O) groups excluding carboxylic acids is 2. The van der Waals surface area contributed by atoms with Crippen molar-refractivity contribution >= 4 is 11.8 Å². The lowest BCUT2D eigenvalue weighted by atomic mass is 10.1. The van der Waals surface area contributed by atoms with Crippen LogP contribution >= 0.6 is 0 Å². The Hall–Kier alpha value is -2.83. The van der Waals surface area contributed by atoms with E-state index in [0.29, 0.717) is 11.1 Å². The van der Waals surface area contributed by atoms with Gasteiger partial charge in [-0.2, -0.15) is 13.2 Å². The quantitative estimate of drug-likeness (QED) is 0.854. The van der Waals surface area contributed by atoms with Gasteiger partial charge in [0.1, 0.15) is 0 Å². The highest BCUT2D eigenvalue weighted by Crippen LogP contribution is 2.29. The summed E-state index contributed by atoms with van der Waals surface area (Å²) >= 11 is 0. The van der Waals surface area contributed by atoms with Gasteiger partial charge in [-0.05, 0) is 29.8 Å². The number of halogens is 3. The van der Waals surface area contributed by atoms with E-state index in [1.165, 1.54) is 12.1 Å². The summed E-state index contributed by atoms with van der Waals surface area (Å²) in [5.41, 5.74) is 4.46. The molecule has 0 aliphatic carbocycles. The first-order valence-corrected chi connectivity index (χ1v) is 6.66. The molecule has 0 aliphatic rings. The molecule has 0 unspecified atom stereocenters. The number of benzene rings is 2. The predicted octanol–water partition coefficient (Wildman–Crippen LogP) is 2.71. The van der Waals surface area contributed by atoms with Gasteiger partial charge in [-0.15, -0.1) is 0 Å². The summed E-state index contributed by atoms with van der Waals surface area (Å²) in [6.45, 7) is 0. The predicted molar refractivity (Wildman–Crippen MR) is 77.2 cm³/mol. The first-order valence-electron chi connectivity index (χ1n) is 6.66. The normalized spacial score (nSPS) is 10.9. The second kappa shape index (κ2) is 6.95. The van der Waals surface area contributed by atoms with Crippen molar-refractivity contribution in [1.29, 1.82) is 0 Å². The number of hydrogen-bond acceptors (Lipinski definition) is 2. The number of nitrogens with one attached hydrogen (secondary N) is 2. The number of rotatable bonds is 3. The molecule has 2 aromatic rings. The van der Waals surface area contributed by atoms with Crippen molar-refractivity contribution in [2.75, 3.05) is 0 Å². The monoisotopic (exact) mass is 322 g/mol. The largest absolute Gasteiger partial charge is 0.416 e. The van der Waals surface area contributed by atoms with Crippen molar-refractivity contribution < 1.29 is 22.8 Å². The van der Waals surface area contributed by atoms with Crippen LogP contribution in [0.3, 0.4) is 0 Å². The van der Waals surface area contributed by atoms with Gasteiger partial charge in [-0.3, -0.25) is 20.4 Å². The molecular weight excluding hydrogens is 309 g/mol. The number of amides is 2. The van der Waals surface area contributed by atoms with Crippen molar-refractivity contribution in [3.8, 4) is 0 Å². The van der Waals surface area contributed by atoms with E-state index in [1.807, 2.05) is 0 Å². The molecule has 0 radical (unpaired) electrons. The van der Waals surface area contributed by atoms with Gasteiger partial charge in [-0.1, -0.05) is 30.3 Å². The lowest BCUT2D eigenvalue weighted by molar-refractivity contribution is -0.137. The maximum Gasteiger partial charge on any atom is 0.416 e. The molecule has 0 heterocycles. The number of hydrazine groups is 1. The molecule has 23 heavy (non-hydrogen) atoms. The van der Waals surface area contributed by atoms with Crippen LogP contribution in [-0.2, 0) is 17.4 Å². The Morgan fingerprint density at radius 2 is 1.48 bits per heavy atom. The Kier molecular flexibility index (Phi) is 5.00. The fourth-order valence-electron chi connectivity index (χ4n) is 1.83. The Bertz CT molecular complexity index is 683. The molecule has 0 saturated carbocycles. The lowest BCUT2D eigenvalue weighted by Crippen LogP contribution is -2.42. The van der Waals surface area contributed by atoms with Crippen LogP contribution in [0.5, 0.6) is 0 Å². The average molecular weight is 322 g/mol. The van der Waals surface area contributed by atoms with Gasteiger partial charge in [0.2, 0.25) is 5.91 Å². The molecule has 0 atom stereocenters. The van der Waals surface area contributed by atoms with Gasteiger partial charge < -0.3 is 0 Å². The van der Waals surface area contributed by atoms with E-state index in [1.54, 1.807) is 30.3 Å². The third-order valence-corrected chi connectivity index (χ3v) is 3.00. The van der Waals surface area contributed by atoms with Crippen LogP contribution in [-0.4, -0.2) is 11.8 Å². The van der Waals surface area contributed by atoms with Crippen LogP contribution in [0.1, 0.15) is 21.5 Å². The first kappa shape index (κ1) is 16.5. The van der Waals surface area contributed by atoms with Gasteiger partial charge in [0.05, 0.1) is 12.0 Å². The maximum absolute atomic E-state index is 12.4. The summed E-state index contributed by atoms with van der Waals surface area (Å²) in [4.78, 5) is 23.4. The molecule has 0 saturated heterocycles. The van der Waals surface area contributed by atoms with Crippen LogP contribution < -0.4 is 10.9 Å². The fraction of sp³-hybridized carbons (Fsp3) is 0.125. The third kappa shape index (κ3) is 4.84. The van der Waals surface area contributed by atoms with E-state index >= 15 is 0 Å². The van der Waals surface area contributed by atoms with E-state index in [0.717, 1.165) is 12.1 Å². The zero-order chi connectivity index (χ0) is 16.9. The number of hydrogen-bond donors (Lipinski definition) is 2. The Morgan fingerprint density at radius 3 is 2.04 bits per heavy atom. The summed E-state index contributed by atoms with van der Waals surface area (Å²) in [6.07, 6.45) is -4.56. The topological polar surface area (TPSA) is 58.2 Å². The van der Waals surface area contributed by atoms with Crippen molar-refractivity contribution in [2.24, 2.45) is 0 Å². The highest BCUT2D eigenvalue weighted by Gasteiger charge is 2.29. The first-order chi connectivity index (χ1) is 10.9. The van der Waals surface area contributed by atoms with Gasteiger partial charge in [0.25, 0.3) is 5.91 Å². The minimum Gasteiger partial charge on any atom is -0.273 e. The summed E-state index contributed by atoms with van der Waals surface area (Å²) < 4.78 is 37.3. The maximum atomic E-state index is 12.4. The van der Waals surface area contributed by atoms with Crippen molar-refractivity contribution in [2.45, 2.75) is 12.6 Å². The van der Waals surface area contributed by atoms with E-state index < -0.39 is 23.6 Å². The van der Waals surface area contributed by atoms with Crippen LogP contribution in [0.25, 0.3) is 0 Å². The SMILES string of the molecule is O=C(Cc1ccc(C(F)(F)F)cc1)NNC(=O)c1ccccc1. The van der Waals surface area contributed by atoms with Gasteiger partial charge in [0, 0.05) is 5.56 Å². The lowest BCUT2D eigenvalue weighted by Gasteiger charge is -2.09. The molecule has 2 N–H and O–H groups in total. The summed E-state index contributed by atoms with van der Waals surface area (Å²) in [5.74, 6) is -1.01. The highest BCUT2D eigenvalue weighted by atomic mass is 19.4. The minimum absolute atomic E-state index is 0.146. The van der Waals surface area contributed by atoms with Gasteiger partial charge in [0.15, 0.2) is 0 Å². The summed E-state index contributed by atoms with van der Waals surface area (Å²) in [5, 5.41) is 0. The molecular formula is C16H13F3N2O2. The number of alkyl halides is 3. The summed E-state index contributed by atoms with van der Waals surface area (Å²) in [7, 11) is 0. The average Bonchev–Trinajstić information content (AvgIpc) is 2.53. The smallest absolute Gasteiger partial charge is 0.273 e. The molecule has 0 spiro atoms. The van der Waals surface area contributed by atoms with E-state index in [4.69, 9.17) is 0 Å². The van der Waals surface area contributed by atoms with E-state index in [9.17, 15) is 22.8 Å². The zero-order valence-electron chi connectivity index (χ0n) is 11.9. The molecule has 4 nitrogen and oxygen atoms in total. The zero-order valence-corrected chi connectivity index (χ0v) is 11.9. The molecule has 2 amide bonds. The minimum atomic E-state index is -4.41. The molecule has 0 aliphatic heterocycles. The van der Waals surface area contributed by atoms with Gasteiger partial charge in [-0.25, -0.2) is 0 Å². The third-order valence-electron chi connectivity index (χ3n) is 3.00. The highest BCUT2D eigenvalue weighted by molar-refractivity contribution is 5.95. The van der Waals surface area contributed by atoms with Crippen molar-refractivity contribution in [3.63, 3.8) is 0 Å². The second-order valence-corrected chi connectivity index (χ2v) is 4.74. The molecule has 0 aromatic heterocycles. The summed E-state index contributed by atoms with van der Waals surface area (Å²) in [6, 6.07) is 12.5. The molecule has 120 valence electrons. The van der Waals surface area contributed by atoms with Crippen LogP contribution in [0.4, 0.5) is 13.2 Å². The van der Waals surface area contributed by atoms with Crippen LogP contribution in [0.2, 0.25) is 0 Å². The van der Waals surface area contributed by atoms with Gasteiger partial charge >= 0.3 is 6.18 Å². The Balaban J connectivity index is 1.86. The molecule has 2 aromatic carbocycles. The van der Waals surface area contributed by atoms with Crippen molar-refractivity contribution in [1.82, 2.24) is 10.9 Å². The van der Waals surface area contributed by atoms with Crippen molar-refractivity contribution in [3.05, 3.63) is 71.3 Å². The second-order valence-electron chi connectivity index (χ2n) is 4.74. The molecule has 2 rings (SSSR count). The van der Waals surface area contributed by atoms with Crippen LogP contribution in [0.15, 0.2) is 54.6 Å². The molecule has 0 fully saturated rings. The Labute approximate surface area is 130 Å². The number of carbonyl (C=O) groups is 2. The van der Waals surface area contributed by atoms with Crippen LogP contribution in [0, 0.1) is 0 Å². The standard InChI is InChI=1S/C16H13F3N2O2/c17-16(18,19)13-8-6-11(7-9-13)10-14(22)20-21-15(23)12-4-2-1-3-5-12/h1-9H,10H2,(H,20,22)(H,21,23). The fourth-order valence-corrected chi connectivity index (χ4v) is 1.83. The van der Waals surface area contributed by atoms with E-state index in [-0.39, 0.29) is 6.42 Å². The molecule has 0 bridgehead atoms. The Morgan fingerprint density at radius 1 is 0.870 bits per heavy atom.